The van der Waals surface area contributed by atoms with Crippen LogP contribution in [0, 0.1) is 31.3 Å². The smallest absolute Gasteiger partial charge is 0.276 e. The number of anilines is 5. The predicted molar refractivity (Wildman–Crippen MR) is 458 cm³/mol. The number of halogens is 3. The topological polar surface area (TPSA) is 357 Å². The summed E-state index contributed by atoms with van der Waals surface area (Å²) in [6.45, 7) is 24.2. The van der Waals surface area contributed by atoms with Gasteiger partial charge in [-0.05, 0) is 182 Å². The van der Waals surface area contributed by atoms with Crippen molar-refractivity contribution in [1.29, 1.82) is 0 Å². The number of hydrogen-bond acceptors (Lipinski definition) is 13. The Morgan fingerprint density at radius 1 is 0.455 bits per heavy atom. The lowest BCUT2D eigenvalue weighted by Crippen LogP contribution is -2.38. The maximum atomic E-state index is 14.5. The maximum absolute atomic E-state index is 14.5. The molecular weight excluding hydrogens is 1570 g/mol. The number of aromatic amines is 3. The van der Waals surface area contributed by atoms with Gasteiger partial charge in [-0.25, -0.2) is 13.2 Å². The fourth-order valence-corrected chi connectivity index (χ4v) is 15.4. The highest BCUT2D eigenvalue weighted by atomic mass is 19.1. The van der Waals surface area contributed by atoms with Crippen LogP contribution in [-0.2, 0) is 60.2 Å². The van der Waals surface area contributed by atoms with Crippen molar-refractivity contribution in [2.75, 3.05) is 46.2 Å². The van der Waals surface area contributed by atoms with E-state index in [0.717, 1.165) is 52.0 Å². The number of hydrogen-bond donors (Lipinski definition) is 10. The zero-order chi connectivity index (χ0) is 87.4. The van der Waals surface area contributed by atoms with E-state index >= 15 is 0 Å². The van der Waals surface area contributed by atoms with Crippen LogP contribution in [0.3, 0.4) is 0 Å². The fourth-order valence-electron chi connectivity index (χ4n) is 15.4. The van der Waals surface area contributed by atoms with Gasteiger partial charge in [0, 0.05) is 125 Å². The molecule has 6 aromatic heterocycles. The van der Waals surface area contributed by atoms with E-state index in [2.05, 4.69) is 66.6 Å². The molecule has 10 N–H and O–H groups in total. The number of fused-ring (bicyclic) bond motifs is 3. The van der Waals surface area contributed by atoms with Crippen molar-refractivity contribution < 1.29 is 61.4 Å². The number of aryl methyl sites for hydroxylation is 2. The van der Waals surface area contributed by atoms with Gasteiger partial charge in [-0.15, -0.1) is 0 Å². The van der Waals surface area contributed by atoms with Crippen molar-refractivity contribution in [3.8, 4) is 0 Å². The number of carbonyl (C=O) groups excluding carboxylic acids is 9. The van der Waals surface area contributed by atoms with Crippen LogP contribution in [0.4, 0.5) is 41.6 Å². The summed E-state index contributed by atoms with van der Waals surface area (Å²) in [7, 11) is 0. The van der Waals surface area contributed by atoms with E-state index in [4.69, 9.17) is 15.3 Å². The molecule has 0 aliphatic carbocycles. The van der Waals surface area contributed by atoms with Gasteiger partial charge in [0.15, 0.2) is 17.1 Å². The summed E-state index contributed by atoms with van der Waals surface area (Å²) in [5, 5.41) is 40.5. The summed E-state index contributed by atoms with van der Waals surface area (Å²) >= 11 is 0. The molecule has 4 atom stereocenters. The van der Waals surface area contributed by atoms with Crippen molar-refractivity contribution in [2.24, 2.45) is 0 Å². The summed E-state index contributed by atoms with van der Waals surface area (Å²) in [5.41, 5.74) is 13.4. The molecular formula is C92H91F3N18O10. The highest BCUT2D eigenvalue weighted by Crippen LogP contribution is 2.38. The van der Waals surface area contributed by atoms with Crippen LogP contribution in [0.5, 0.6) is 0 Å². The third-order valence-corrected chi connectivity index (χ3v) is 21.1. The van der Waals surface area contributed by atoms with Gasteiger partial charge in [0.25, 0.3) is 35.4 Å². The molecule has 0 saturated carbocycles. The van der Waals surface area contributed by atoms with Gasteiger partial charge in [0.05, 0.1) is 51.1 Å². The van der Waals surface area contributed by atoms with Gasteiger partial charge in [-0.2, -0.15) is 15.3 Å². The van der Waals surface area contributed by atoms with Crippen molar-refractivity contribution in [3.05, 3.63) is 345 Å². The largest absolute Gasteiger partial charge is 0.389 e. The van der Waals surface area contributed by atoms with Gasteiger partial charge in [0.1, 0.15) is 34.5 Å². The first kappa shape index (κ1) is 85.9. The average Bonchev–Trinajstić information content (AvgIpc) is 1.62. The first-order chi connectivity index (χ1) is 59.1. The summed E-state index contributed by atoms with van der Waals surface area (Å²) in [6, 6.07) is 45.4. The number of aliphatic hydroxyl groups excluding tert-OH is 1. The number of rotatable bonds is 23. The quantitative estimate of drug-likeness (QED) is 0.0267. The molecule has 3 aliphatic heterocycles. The zero-order valence-corrected chi connectivity index (χ0v) is 68.3. The molecule has 0 unspecified atom stereocenters. The molecule has 630 valence electrons. The molecule has 9 amide bonds. The molecule has 0 saturated heterocycles. The normalized spacial score (nSPS) is 14.6. The second-order valence-corrected chi connectivity index (χ2v) is 30.4. The molecule has 0 fully saturated rings. The number of amides is 9. The molecule has 9 heterocycles. The minimum Gasteiger partial charge on any atom is -0.389 e. The van der Waals surface area contributed by atoms with E-state index in [1.54, 1.807) is 145 Å². The Morgan fingerprint density at radius 2 is 0.862 bits per heavy atom. The Balaban J connectivity index is 0.000000159. The van der Waals surface area contributed by atoms with Gasteiger partial charge in [-0.1, -0.05) is 95.1 Å². The molecule has 6 aromatic carbocycles. The van der Waals surface area contributed by atoms with Gasteiger partial charge >= 0.3 is 0 Å². The number of aromatic nitrogens is 9. The number of H-pyrrole nitrogens is 3. The van der Waals surface area contributed by atoms with E-state index in [1.165, 1.54) is 30.3 Å². The van der Waals surface area contributed by atoms with Gasteiger partial charge in [-0.3, -0.25) is 57.2 Å². The molecule has 28 nitrogen and oxygen atoms in total. The zero-order valence-electron chi connectivity index (χ0n) is 68.3. The third kappa shape index (κ3) is 20.1. The van der Waals surface area contributed by atoms with E-state index in [1.807, 2.05) is 77.1 Å². The van der Waals surface area contributed by atoms with Crippen molar-refractivity contribution in [1.82, 2.24) is 64.3 Å². The molecule has 3 aliphatic rings. The average molecular weight is 1670 g/mol. The molecule has 0 spiro atoms. The van der Waals surface area contributed by atoms with E-state index < -0.39 is 47.2 Å². The van der Waals surface area contributed by atoms with Crippen molar-refractivity contribution >= 4 is 81.6 Å². The highest BCUT2D eigenvalue weighted by Gasteiger charge is 2.39. The first-order valence-corrected chi connectivity index (χ1v) is 39.6. The summed E-state index contributed by atoms with van der Waals surface area (Å²) in [5.74, 6) is -5.19. The van der Waals surface area contributed by atoms with Crippen LogP contribution in [-0.4, -0.2) is 137 Å². The van der Waals surface area contributed by atoms with Crippen LogP contribution in [0.1, 0.15) is 187 Å². The summed E-state index contributed by atoms with van der Waals surface area (Å²) < 4.78 is 48.1. The second-order valence-electron chi connectivity index (χ2n) is 30.4. The van der Waals surface area contributed by atoms with Gasteiger partial charge in [0.2, 0.25) is 17.7 Å². The lowest BCUT2D eigenvalue weighted by Gasteiger charge is -2.32. The minimum absolute atomic E-state index is 0.0120. The van der Waals surface area contributed by atoms with Crippen LogP contribution in [0.2, 0.25) is 0 Å². The molecule has 0 bridgehead atoms. The van der Waals surface area contributed by atoms with Crippen molar-refractivity contribution in [3.63, 3.8) is 0 Å². The standard InChI is InChI=1S/C31H31FN6O4.C31H31FN6O3.C30H29FN6O3/c1-4-27(40)35-26-14-22(32)11-10-21(26)16-38-29-18(2)15-37(31(42)25-9-6-12-33-25)17-24(29)28(36-38)30(41)34-23-8-5-7-20(13-23)19(3)39;1-4-27(39)34-15-22-14-21(10-11-25(22)32)17-38-29-20(3)16-37(31(41)26-9-6-12-33-26)18-24(29)28(36-38)30(40)35-23-8-5-7-19(2)13-23;1-4-26(38)34-25-14-20(10-11-23(25)31)16-37-28-19(3)15-36(30(40)24-9-6-12-32-24)17-22(28)27(35-37)29(39)33-21-8-5-7-18(2)13-21/h4-14,18-19,33,39H,1,15-17H2,2-3H3,(H,34,41)(H,35,40);4-14,20,33H,1,15-18H2,2-3H3,(H,34,39)(H,35,40);4-14,19,32H,1,15-17H2,2-3H3,(H,33,39)(H,34,38)/t18-,19+;20-;19-/m111/s1. The fraction of sp³-hybridized carbons (Fsp3) is 0.217. The minimum atomic E-state index is -0.714. The van der Waals surface area contributed by atoms with Crippen LogP contribution in [0.15, 0.2) is 220 Å². The molecule has 123 heavy (non-hydrogen) atoms. The van der Waals surface area contributed by atoms with Gasteiger partial charge < -0.3 is 66.7 Å². The Morgan fingerprint density at radius 3 is 1.28 bits per heavy atom. The second kappa shape index (κ2) is 37.9. The highest BCUT2D eigenvalue weighted by molar-refractivity contribution is 6.07. The molecule has 15 rings (SSSR count). The van der Waals surface area contributed by atoms with Crippen LogP contribution in [0.25, 0.3) is 0 Å². The van der Waals surface area contributed by atoms with Crippen LogP contribution < -0.4 is 31.9 Å². The SMILES string of the molecule is C=CC(=O)NCc1cc(Cn2nc(C(=O)Nc3cccc(C)c3)c3c2[C@H](C)CN(C(=O)c2ccc[nH]2)C3)ccc1F.C=CC(=O)Nc1cc(Cn2nc(C(=O)Nc3cccc(C)c3)c3c2[C@H](C)CN(C(=O)c2ccc[nH]2)C3)ccc1F.C=CC(=O)Nc1cc(F)ccc1Cn1nc(C(=O)Nc2cccc([C@H](C)O)c2)c2c1[C@H](C)CN(C(=O)c1ccc[nH]1)C2. The molecule has 31 heteroatoms. The first-order valence-electron chi connectivity index (χ1n) is 39.6. The number of carbonyl (C=O) groups is 9. The Hall–Kier alpha value is -15.0. The van der Waals surface area contributed by atoms with E-state index in [0.29, 0.717) is 92.7 Å². The lowest BCUT2D eigenvalue weighted by molar-refractivity contribution is -0.116. The number of benzene rings is 6. The number of nitrogens with zero attached hydrogens (tertiary/aromatic N) is 9. The van der Waals surface area contributed by atoms with E-state index in [-0.39, 0.29) is 122 Å². The Kier molecular flexibility index (Phi) is 26.5. The Labute approximate surface area is 706 Å². The monoisotopic (exact) mass is 1660 g/mol. The van der Waals surface area contributed by atoms with Crippen LogP contribution >= 0.6 is 0 Å². The van der Waals surface area contributed by atoms with E-state index in [9.17, 15) is 61.4 Å². The molecule has 12 aromatic rings. The third-order valence-electron chi connectivity index (χ3n) is 21.1. The number of aliphatic hydroxyl groups is 1. The Bertz CT molecular complexity index is 6040. The number of nitrogens with one attached hydrogen (secondary N) is 9. The maximum Gasteiger partial charge on any atom is 0.276 e. The summed E-state index contributed by atoms with van der Waals surface area (Å²) in [6.07, 6.45) is 7.65. The molecule has 0 radical (unpaired) electrons. The van der Waals surface area contributed by atoms with Crippen molar-refractivity contribution in [2.45, 2.75) is 111 Å². The summed E-state index contributed by atoms with van der Waals surface area (Å²) in [4.78, 5) is 130. The lowest BCUT2D eigenvalue weighted by atomic mass is 9.95. The predicted octanol–water partition coefficient (Wildman–Crippen LogP) is 14.0.